The Balaban J connectivity index is 4.49. The second kappa shape index (κ2) is 5.63. The van der Waals surface area contributed by atoms with Crippen LogP contribution in [-0.4, -0.2) is 36.1 Å². The maximum absolute atomic E-state index is 11.7. The zero-order valence-corrected chi connectivity index (χ0v) is 10.5. The van der Waals surface area contributed by atoms with Crippen LogP contribution >= 0.6 is 12.2 Å². The van der Waals surface area contributed by atoms with Crippen LogP contribution in [0.25, 0.3) is 0 Å². The minimum Gasteiger partial charge on any atom is -0.393 e. The maximum Gasteiger partial charge on any atom is 0.216 e. The topological polar surface area (TPSA) is 63.4 Å². The molecule has 0 rings (SSSR count). The van der Waals surface area contributed by atoms with Gasteiger partial charge in [0.05, 0.1) is 10.2 Å². The predicted molar refractivity (Wildman–Crippen MR) is 62.7 cm³/mol. The third-order valence-electron chi connectivity index (χ3n) is 1.92. The summed E-state index contributed by atoms with van der Waals surface area (Å²) < 4.78 is 24.8. The lowest BCUT2D eigenvalue weighted by Crippen LogP contribution is -2.38. The van der Waals surface area contributed by atoms with E-state index < -0.39 is 15.3 Å². The first-order chi connectivity index (χ1) is 6.32. The van der Waals surface area contributed by atoms with E-state index in [9.17, 15) is 8.42 Å². The highest BCUT2D eigenvalue weighted by molar-refractivity contribution is 7.89. The highest BCUT2D eigenvalue weighted by atomic mass is 32.2. The van der Waals surface area contributed by atoms with E-state index in [2.05, 4.69) is 0 Å². The van der Waals surface area contributed by atoms with Gasteiger partial charge in [0.25, 0.3) is 0 Å². The quantitative estimate of drug-likeness (QED) is 0.693. The minimum atomic E-state index is -3.17. The molecule has 6 heteroatoms. The van der Waals surface area contributed by atoms with Crippen molar-refractivity contribution < 1.29 is 8.42 Å². The third-order valence-corrected chi connectivity index (χ3v) is 4.47. The van der Waals surface area contributed by atoms with E-state index in [4.69, 9.17) is 18.0 Å². The number of thiocarbonyl (C=S) groups is 1. The van der Waals surface area contributed by atoms with E-state index in [0.717, 1.165) is 0 Å². The fourth-order valence-electron chi connectivity index (χ4n) is 0.998. The number of nitrogens with two attached hydrogens (primary N) is 1. The Morgan fingerprint density at radius 1 is 1.50 bits per heavy atom. The molecule has 0 aliphatic carbocycles. The van der Waals surface area contributed by atoms with Gasteiger partial charge in [-0.1, -0.05) is 19.1 Å². The molecule has 0 fully saturated rings. The Morgan fingerprint density at radius 2 is 2.00 bits per heavy atom. The van der Waals surface area contributed by atoms with Gasteiger partial charge in [-0.15, -0.1) is 0 Å². The van der Waals surface area contributed by atoms with Gasteiger partial charge in [-0.3, -0.25) is 0 Å². The summed E-state index contributed by atoms with van der Waals surface area (Å²) in [6.07, 6.45) is 0.440. The number of sulfonamides is 1. The maximum atomic E-state index is 11.7. The second-order valence-electron chi connectivity index (χ2n) is 3.30. The van der Waals surface area contributed by atoms with Gasteiger partial charge >= 0.3 is 0 Å². The summed E-state index contributed by atoms with van der Waals surface area (Å²) in [6, 6.07) is 0. The van der Waals surface area contributed by atoms with Gasteiger partial charge in [-0.2, -0.15) is 0 Å². The molecular weight excluding hydrogens is 220 g/mol. The SMILES string of the molecule is CCN(CCC(N)=S)S(=O)(=O)C(C)C. The van der Waals surface area contributed by atoms with Crippen LogP contribution in [0.2, 0.25) is 0 Å². The second-order valence-corrected chi connectivity index (χ2v) is 6.32. The van der Waals surface area contributed by atoms with Gasteiger partial charge in [0, 0.05) is 19.5 Å². The Bertz CT molecular complexity index is 286. The van der Waals surface area contributed by atoms with Crippen LogP contribution in [0.15, 0.2) is 0 Å². The molecule has 0 atom stereocenters. The summed E-state index contributed by atoms with van der Waals surface area (Å²) in [4.78, 5) is 0.349. The highest BCUT2D eigenvalue weighted by Gasteiger charge is 2.23. The van der Waals surface area contributed by atoms with Crippen LogP contribution in [0.4, 0.5) is 0 Å². The van der Waals surface area contributed by atoms with Crippen LogP contribution in [0.5, 0.6) is 0 Å². The van der Waals surface area contributed by atoms with E-state index in [0.29, 0.717) is 24.5 Å². The molecule has 0 heterocycles. The smallest absolute Gasteiger partial charge is 0.216 e. The van der Waals surface area contributed by atoms with Crippen molar-refractivity contribution in [3.05, 3.63) is 0 Å². The molecule has 0 unspecified atom stereocenters. The molecule has 0 aliphatic heterocycles. The molecule has 0 saturated carbocycles. The Morgan fingerprint density at radius 3 is 2.29 bits per heavy atom. The van der Waals surface area contributed by atoms with Crippen molar-refractivity contribution in [2.75, 3.05) is 13.1 Å². The minimum absolute atomic E-state index is 0.349. The van der Waals surface area contributed by atoms with Crippen LogP contribution in [0, 0.1) is 0 Å². The van der Waals surface area contributed by atoms with E-state index in [1.165, 1.54) is 4.31 Å². The molecule has 0 aromatic rings. The molecule has 0 bridgehead atoms. The fraction of sp³-hybridized carbons (Fsp3) is 0.875. The molecule has 84 valence electrons. The van der Waals surface area contributed by atoms with Crippen molar-refractivity contribution in [1.82, 2.24) is 4.31 Å². The summed E-state index contributed by atoms with van der Waals surface area (Å²) >= 11 is 4.71. The van der Waals surface area contributed by atoms with E-state index in [1.54, 1.807) is 20.8 Å². The van der Waals surface area contributed by atoms with Gasteiger partial charge in [0.2, 0.25) is 10.0 Å². The third kappa shape index (κ3) is 3.89. The molecule has 14 heavy (non-hydrogen) atoms. The Hall–Kier alpha value is -0.200. The number of nitrogens with zero attached hydrogens (tertiary/aromatic N) is 1. The number of hydrogen-bond donors (Lipinski definition) is 1. The number of rotatable bonds is 6. The Labute approximate surface area is 91.5 Å². The first-order valence-electron chi connectivity index (χ1n) is 4.59. The molecule has 2 N–H and O–H groups in total. The first-order valence-corrected chi connectivity index (χ1v) is 6.50. The predicted octanol–water partition coefficient (Wildman–Crippen LogP) is 0.723. The van der Waals surface area contributed by atoms with E-state index in [-0.39, 0.29) is 0 Å². The Kier molecular flexibility index (Phi) is 5.54. The van der Waals surface area contributed by atoms with Crippen molar-refractivity contribution >= 4 is 27.2 Å². The van der Waals surface area contributed by atoms with Crippen molar-refractivity contribution in [3.63, 3.8) is 0 Å². The van der Waals surface area contributed by atoms with Gasteiger partial charge in [-0.25, -0.2) is 12.7 Å². The summed E-state index contributed by atoms with van der Waals surface area (Å²) in [7, 11) is -3.17. The molecule has 0 aliphatic rings. The fourth-order valence-corrected chi connectivity index (χ4v) is 2.39. The molecule has 0 saturated heterocycles. The summed E-state index contributed by atoms with van der Waals surface area (Å²) in [5, 5.41) is -0.395. The largest absolute Gasteiger partial charge is 0.393 e. The lowest BCUT2D eigenvalue weighted by Gasteiger charge is -2.22. The van der Waals surface area contributed by atoms with Crippen LogP contribution in [0.3, 0.4) is 0 Å². The van der Waals surface area contributed by atoms with Crippen molar-refractivity contribution in [2.24, 2.45) is 5.73 Å². The average Bonchev–Trinajstić information content (AvgIpc) is 2.04. The van der Waals surface area contributed by atoms with E-state index in [1.807, 2.05) is 0 Å². The van der Waals surface area contributed by atoms with Crippen LogP contribution in [0.1, 0.15) is 27.2 Å². The van der Waals surface area contributed by atoms with Crippen LogP contribution < -0.4 is 5.73 Å². The average molecular weight is 238 g/mol. The monoisotopic (exact) mass is 238 g/mol. The van der Waals surface area contributed by atoms with Gasteiger partial charge in [0.1, 0.15) is 0 Å². The molecule has 0 aromatic heterocycles. The molecular formula is C8H18N2O2S2. The molecule has 4 nitrogen and oxygen atoms in total. The normalized spacial score (nSPS) is 12.4. The van der Waals surface area contributed by atoms with Gasteiger partial charge in [-0.05, 0) is 13.8 Å². The summed E-state index contributed by atoms with van der Waals surface area (Å²) in [6.45, 7) is 5.98. The van der Waals surface area contributed by atoms with Crippen molar-refractivity contribution in [2.45, 2.75) is 32.4 Å². The van der Waals surface area contributed by atoms with Gasteiger partial charge < -0.3 is 5.73 Å². The van der Waals surface area contributed by atoms with Crippen LogP contribution in [-0.2, 0) is 10.0 Å². The lowest BCUT2D eigenvalue weighted by molar-refractivity contribution is 0.431. The van der Waals surface area contributed by atoms with Gasteiger partial charge in [0.15, 0.2) is 0 Å². The lowest BCUT2D eigenvalue weighted by atomic mass is 10.4. The molecule has 0 aromatic carbocycles. The zero-order chi connectivity index (χ0) is 11.4. The standard InChI is InChI=1S/C8H18N2O2S2/c1-4-10(6-5-8(9)13)14(11,12)7(2)3/h7H,4-6H2,1-3H3,(H2,9,13). The summed E-state index contributed by atoms with van der Waals surface area (Å²) in [5.74, 6) is 0. The number of hydrogen-bond acceptors (Lipinski definition) is 3. The highest BCUT2D eigenvalue weighted by Crippen LogP contribution is 2.08. The first kappa shape index (κ1) is 13.8. The van der Waals surface area contributed by atoms with Crippen molar-refractivity contribution in [3.8, 4) is 0 Å². The van der Waals surface area contributed by atoms with Crippen molar-refractivity contribution in [1.29, 1.82) is 0 Å². The zero-order valence-electron chi connectivity index (χ0n) is 8.86. The summed E-state index contributed by atoms with van der Waals surface area (Å²) in [5.41, 5.74) is 5.32. The van der Waals surface area contributed by atoms with E-state index >= 15 is 0 Å². The molecule has 0 amide bonds. The molecule has 0 radical (unpaired) electrons. The molecule has 0 spiro atoms.